The number of aromatic nitrogens is 6. The molecular weight excluding hydrogens is 336 g/mol. The van der Waals surface area contributed by atoms with Crippen molar-refractivity contribution in [2.75, 3.05) is 0 Å². The minimum atomic E-state index is 0.392. The summed E-state index contributed by atoms with van der Waals surface area (Å²) in [7, 11) is 1.83. The Kier molecular flexibility index (Phi) is 3.47. The normalized spacial score (nSPS) is 11.2. The summed E-state index contributed by atoms with van der Waals surface area (Å²) in [4.78, 5) is 8.46. The maximum absolute atomic E-state index is 5.98. The fourth-order valence-corrected chi connectivity index (χ4v) is 3.01. The Morgan fingerprint density at radius 2 is 2.13 bits per heavy atom. The summed E-state index contributed by atoms with van der Waals surface area (Å²) in [5.74, 6) is 0.409. The molecule has 0 saturated heterocycles. The van der Waals surface area contributed by atoms with Crippen molar-refractivity contribution in [1.82, 2.24) is 29.9 Å². The number of fused-ring (bicyclic) bond motifs is 1. The van der Waals surface area contributed by atoms with Gasteiger partial charge in [-0.25, -0.2) is 9.97 Å². The summed E-state index contributed by atoms with van der Waals surface area (Å²) in [6.45, 7) is 0. The summed E-state index contributed by atoms with van der Waals surface area (Å²) >= 11 is 7.25. The van der Waals surface area contributed by atoms with Crippen molar-refractivity contribution in [2.45, 2.75) is 10.2 Å². The van der Waals surface area contributed by atoms with Crippen molar-refractivity contribution in [1.29, 1.82) is 0 Å². The first kappa shape index (κ1) is 14.2. The fraction of sp³-hybridized carbons (Fsp3) is 0.0714. The summed E-state index contributed by atoms with van der Waals surface area (Å²) in [5.41, 5.74) is 1.52. The van der Waals surface area contributed by atoms with E-state index in [4.69, 9.17) is 16.0 Å². The highest BCUT2D eigenvalue weighted by Crippen LogP contribution is 2.31. The largest absolute Gasteiger partial charge is 0.411 e. The molecule has 3 aromatic heterocycles. The van der Waals surface area contributed by atoms with Crippen LogP contribution in [0.15, 0.2) is 51.5 Å². The van der Waals surface area contributed by atoms with E-state index in [2.05, 4.69) is 25.3 Å². The van der Waals surface area contributed by atoms with Crippen LogP contribution in [0.3, 0.4) is 0 Å². The van der Waals surface area contributed by atoms with Crippen LogP contribution in [-0.2, 0) is 7.05 Å². The molecule has 114 valence electrons. The molecule has 0 radical (unpaired) electrons. The first-order valence-corrected chi connectivity index (χ1v) is 7.80. The zero-order chi connectivity index (χ0) is 15.8. The minimum Gasteiger partial charge on any atom is -0.411 e. The molecule has 23 heavy (non-hydrogen) atoms. The molecule has 1 aromatic carbocycles. The molecule has 0 fully saturated rings. The smallest absolute Gasteiger partial charge is 0.283 e. The highest BCUT2D eigenvalue weighted by molar-refractivity contribution is 7.99. The zero-order valence-electron chi connectivity index (χ0n) is 11.8. The van der Waals surface area contributed by atoms with Crippen LogP contribution in [-0.4, -0.2) is 29.9 Å². The number of benzene rings is 1. The average molecular weight is 345 g/mol. The average Bonchev–Trinajstić information content (AvgIpc) is 3.16. The molecule has 0 unspecified atom stereocenters. The molecule has 4 rings (SSSR count). The Hall–Kier alpha value is -2.45. The van der Waals surface area contributed by atoms with E-state index < -0.39 is 0 Å². The molecule has 0 saturated carbocycles. The number of halogens is 1. The van der Waals surface area contributed by atoms with Gasteiger partial charge in [0.2, 0.25) is 5.89 Å². The lowest BCUT2D eigenvalue weighted by Crippen LogP contribution is -1.92. The SMILES string of the molecule is Cn1ncc2c(Sc3nnc(-c4cccc(Cl)c4)o3)ncnc21. The van der Waals surface area contributed by atoms with Crippen molar-refractivity contribution in [2.24, 2.45) is 7.05 Å². The highest BCUT2D eigenvalue weighted by atomic mass is 35.5. The van der Waals surface area contributed by atoms with E-state index in [-0.39, 0.29) is 0 Å². The summed E-state index contributed by atoms with van der Waals surface area (Å²) in [5, 5.41) is 14.8. The number of aryl methyl sites for hydroxylation is 1. The second-order valence-electron chi connectivity index (χ2n) is 4.67. The number of hydrogen-bond donors (Lipinski definition) is 0. The molecule has 0 spiro atoms. The van der Waals surface area contributed by atoms with E-state index in [9.17, 15) is 0 Å². The van der Waals surface area contributed by atoms with Crippen LogP contribution >= 0.6 is 23.4 Å². The molecule has 0 bridgehead atoms. The van der Waals surface area contributed by atoms with Gasteiger partial charge in [-0.05, 0) is 30.0 Å². The number of hydrogen-bond acceptors (Lipinski definition) is 7. The van der Waals surface area contributed by atoms with Crippen LogP contribution in [0.25, 0.3) is 22.5 Å². The molecule has 4 aromatic rings. The van der Waals surface area contributed by atoms with Gasteiger partial charge in [-0.2, -0.15) is 5.10 Å². The molecule has 9 heteroatoms. The van der Waals surface area contributed by atoms with Gasteiger partial charge in [-0.15, -0.1) is 10.2 Å². The molecule has 0 atom stereocenters. The second-order valence-corrected chi connectivity index (χ2v) is 6.05. The third-order valence-electron chi connectivity index (χ3n) is 3.15. The predicted octanol–water partition coefficient (Wildman–Crippen LogP) is 3.22. The Labute approximate surface area is 139 Å². The van der Waals surface area contributed by atoms with Crippen LogP contribution < -0.4 is 0 Å². The van der Waals surface area contributed by atoms with Crippen LogP contribution in [0.2, 0.25) is 5.02 Å². The van der Waals surface area contributed by atoms with E-state index in [1.807, 2.05) is 19.2 Å². The zero-order valence-corrected chi connectivity index (χ0v) is 13.4. The lowest BCUT2D eigenvalue weighted by molar-refractivity contribution is 0.465. The summed E-state index contributed by atoms with van der Waals surface area (Å²) in [6.07, 6.45) is 3.20. The van der Waals surface area contributed by atoms with Gasteiger partial charge < -0.3 is 4.42 Å². The molecule has 7 nitrogen and oxygen atoms in total. The first-order valence-electron chi connectivity index (χ1n) is 6.61. The Morgan fingerprint density at radius 1 is 1.22 bits per heavy atom. The van der Waals surface area contributed by atoms with Crippen molar-refractivity contribution in [3.63, 3.8) is 0 Å². The van der Waals surface area contributed by atoms with E-state index >= 15 is 0 Å². The second kappa shape index (κ2) is 5.64. The molecular formula is C14H9ClN6OS. The van der Waals surface area contributed by atoms with Gasteiger partial charge in [0.15, 0.2) is 5.65 Å². The quantitative estimate of drug-likeness (QED) is 0.527. The molecule has 0 N–H and O–H groups in total. The van der Waals surface area contributed by atoms with E-state index in [0.717, 1.165) is 16.6 Å². The third kappa shape index (κ3) is 2.66. The van der Waals surface area contributed by atoms with E-state index in [1.54, 1.807) is 23.0 Å². The maximum Gasteiger partial charge on any atom is 0.283 e. The topological polar surface area (TPSA) is 82.5 Å². The fourth-order valence-electron chi connectivity index (χ4n) is 2.09. The van der Waals surface area contributed by atoms with Gasteiger partial charge in [0, 0.05) is 17.6 Å². The van der Waals surface area contributed by atoms with Crippen molar-refractivity contribution in [3.8, 4) is 11.5 Å². The lowest BCUT2D eigenvalue weighted by Gasteiger charge is -1.98. The van der Waals surface area contributed by atoms with Crippen LogP contribution in [0.1, 0.15) is 0 Å². The van der Waals surface area contributed by atoms with Crippen LogP contribution in [0.4, 0.5) is 0 Å². The maximum atomic E-state index is 5.98. The Morgan fingerprint density at radius 3 is 3.00 bits per heavy atom. The van der Waals surface area contributed by atoms with Gasteiger partial charge >= 0.3 is 0 Å². The first-order chi connectivity index (χ1) is 11.2. The summed E-state index contributed by atoms with van der Waals surface area (Å²) in [6, 6.07) is 7.25. The monoisotopic (exact) mass is 344 g/mol. The summed E-state index contributed by atoms with van der Waals surface area (Å²) < 4.78 is 7.37. The Bertz CT molecular complexity index is 998. The van der Waals surface area contributed by atoms with Crippen LogP contribution in [0, 0.1) is 0 Å². The molecule has 0 amide bonds. The number of nitrogens with zero attached hydrogens (tertiary/aromatic N) is 6. The van der Waals surface area contributed by atoms with Gasteiger partial charge in [0.25, 0.3) is 5.22 Å². The minimum absolute atomic E-state index is 0.392. The lowest BCUT2D eigenvalue weighted by atomic mass is 10.2. The molecule has 0 aliphatic heterocycles. The van der Waals surface area contributed by atoms with Gasteiger partial charge in [-0.1, -0.05) is 17.7 Å². The number of rotatable bonds is 3. The molecule has 0 aliphatic carbocycles. The van der Waals surface area contributed by atoms with E-state index in [1.165, 1.54) is 18.1 Å². The molecule has 0 aliphatic rings. The van der Waals surface area contributed by atoms with Crippen molar-refractivity contribution >= 4 is 34.4 Å². The molecule has 3 heterocycles. The third-order valence-corrected chi connectivity index (χ3v) is 4.25. The predicted molar refractivity (Wildman–Crippen MR) is 85.2 cm³/mol. The van der Waals surface area contributed by atoms with Gasteiger partial charge in [-0.3, -0.25) is 4.68 Å². The standard InChI is InChI=1S/C14H9ClN6OS/c1-21-11-10(6-18-21)13(17-7-16-11)23-14-20-19-12(22-14)8-3-2-4-9(15)5-8/h2-7H,1H3. The Balaban J connectivity index is 1.67. The van der Waals surface area contributed by atoms with Crippen molar-refractivity contribution in [3.05, 3.63) is 41.8 Å². The van der Waals surface area contributed by atoms with Crippen molar-refractivity contribution < 1.29 is 4.42 Å². The van der Waals surface area contributed by atoms with Gasteiger partial charge in [0.05, 0.1) is 11.6 Å². The highest BCUT2D eigenvalue weighted by Gasteiger charge is 2.14. The van der Waals surface area contributed by atoms with Gasteiger partial charge in [0.1, 0.15) is 11.4 Å². The van der Waals surface area contributed by atoms with E-state index in [0.29, 0.717) is 21.2 Å². The van der Waals surface area contributed by atoms with Crippen LogP contribution in [0.5, 0.6) is 0 Å².